The average Bonchev–Trinajstić information content (AvgIpc) is 2.34. The molecule has 1 nitrogen and oxygen atoms in total. The zero-order chi connectivity index (χ0) is 14.0. The smallest absolute Gasteiger partial charge is 0.0311 e. The van der Waals surface area contributed by atoms with Crippen LogP contribution in [0.2, 0.25) is 0 Å². The van der Waals surface area contributed by atoms with E-state index in [2.05, 4.69) is 58.2 Å². The van der Waals surface area contributed by atoms with Gasteiger partial charge in [0.05, 0.1) is 0 Å². The molecule has 0 N–H and O–H groups in total. The topological polar surface area (TPSA) is 3.24 Å². The zero-order valence-corrected chi connectivity index (χ0v) is 13.8. The molecular formula is C16H31NS. The Kier molecular flexibility index (Phi) is 9.57. The van der Waals surface area contributed by atoms with Gasteiger partial charge < -0.3 is 4.90 Å². The second kappa shape index (κ2) is 9.69. The lowest BCUT2D eigenvalue weighted by molar-refractivity contribution is 0.323. The number of nitrogens with zero attached hydrogens (tertiary/aromatic N) is 1. The maximum Gasteiger partial charge on any atom is 0.0311 e. The minimum Gasteiger partial charge on any atom is -0.303 e. The van der Waals surface area contributed by atoms with Gasteiger partial charge in [0.25, 0.3) is 0 Å². The molecule has 0 heterocycles. The summed E-state index contributed by atoms with van der Waals surface area (Å²) in [6.07, 6.45) is 6.79. The predicted octanol–water partition coefficient (Wildman–Crippen LogP) is 4.75. The van der Waals surface area contributed by atoms with Gasteiger partial charge in [0, 0.05) is 17.0 Å². The van der Waals surface area contributed by atoms with Crippen LogP contribution in [-0.2, 0) is 0 Å². The Hall–Kier alpha value is -0.210. The highest BCUT2D eigenvalue weighted by atomic mass is 32.2. The van der Waals surface area contributed by atoms with Crippen molar-refractivity contribution >= 4 is 11.8 Å². The van der Waals surface area contributed by atoms with E-state index in [1.807, 2.05) is 11.8 Å². The summed E-state index contributed by atoms with van der Waals surface area (Å²) in [5, 5.41) is 0. The number of hydrogen-bond acceptors (Lipinski definition) is 2. The summed E-state index contributed by atoms with van der Waals surface area (Å²) in [7, 11) is 0. The van der Waals surface area contributed by atoms with Gasteiger partial charge in [0.15, 0.2) is 0 Å². The minimum atomic E-state index is 0.221. The number of thioether (sulfide) groups is 1. The van der Waals surface area contributed by atoms with Crippen molar-refractivity contribution in [3.8, 4) is 0 Å². The van der Waals surface area contributed by atoms with E-state index in [0.29, 0.717) is 0 Å². The lowest BCUT2D eigenvalue weighted by Crippen LogP contribution is -2.27. The van der Waals surface area contributed by atoms with Gasteiger partial charge in [0.1, 0.15) is 0 Å². The molecule has 0 aromatic heterocycles. The third-order valence-electron chi connectivity index (χ3n) is 3.36. The first-order valence-corrected chi connectivity index (χ1v) is 8.09. The third kappa shape index (κ3) is 7.99. The maximum atomic E-state index is 4.01. The quantitative estimate of drug-likeness (QED) is 0.526. The lowest BCUT2D eigenvalue weighted by atomic mass is 10.0. The lowest BCUT2D eigenvalue weighted by Gasteiger charge is -2.26. The third-order valence-corrected chi connectivity index (χ3v) is 4.78. The average molecular weight is 269 g/mol. The van der Waals surface area contributed by atoms with Crippen molar-refractivity contribution in [2.45, 2.75) is 52.2 Å². The van der Waals surface area contributed by atoms with E-state index in [1.165, 1.54) is 24.3 Å². The Morgan fingerprint density at radius 1 is 1.28 bits per heavy atom. The van der Waals surface area contributed by atoms with E-state index in [0.717, 1.165) is 19.5 Å². The molecule has 0 radical (unpaired) electrons. The number of hydrogen-bond donors (Lipinski definition) is 0. The van der Waals surface area contributed by atoms with Crippen LogP contribution < -0.4 is 0 Å². The van der Waals surface area contributed by atoms with Crippen LogP contribution in [0.4, 0.5) is 0 Å². The van der Waals surface area contributed by atoms with Crippen LogP contribution in [0.15, 0.2) is 24.3 Å². The fraction of sp³-hybridized carbons (Fsp3) is 0.750. The van der Waals surface area contributed by atoms with Crippen LogP contribution in [0.5, 0.6) is 0 Å². The van der Waals surface area contributed by atoms with Crippen LogP contribution in [0.25, 0.3) is 0 Å². The minimum absolute atomic E-state index is 0.221. The summed E-state index contributed by atoms with van der Waals surface area (Å²) in [6.45, 7) is 18.6. The van der Waals surface area contributed by atoms with E-state index in [4.69, 9.17) is 0 Å². The van der Waals surface area contributed by atoms with Crippen molar-refractivity contribution in [1.82, 2.24) is 4.90 Å². The van der Waals surface area contributed by atoms with E-state index < -0.39 is 0 Å². The van der Waals surface area contributed by atoms with Gasteiger partial charge in [-0.25, -0.2) is 0 Å². The van der Waals surface area contributed by atoms with Crippen molar-refractivity contribution in [1.29, 1.82) is 0 Å². The Bertz CT molecular complexity index is 252. The van der Waals surface area contributed by atoms with Gasteiger partial charge in [0.2, 0.25) is 0 Å². The fourth-order valence-corrected chi connectivity index (χ4v) is 3.02. The predicted molar refractivity (Wildman–Crippen MR) is 87.5 cm³/mol. The Balaban J connectivity index is 4.07. The van der Waals surface area contributed by atoms with Gasteiger partial charge in [-0.3, -0.25) is 0 Å². The summed E-state index contributed by atoms with van der Waals surface area (Å²) >= 11 is 2.05. The Labute approximate surface area is 119 Å². The first kappa shape index (κ1) is 17.8. The van der Waals surface area contributed by atoms with E-state index in [9.17, 15) is 0 Å². The van der Waals surface area contributed by atoms with Crippen LogP contribution in [0, 0.1) is 0 Å². The molecule has 0 aromatic carbocycles. The van der Waals surface area contributed by atoms with Gasteiger partial charge in [-0.1, -0.05) is 31.6 Å². The highest BCUT2D eigenvalue weighted by Gasteiger charge is 2.19. The second-order valence-electron chi connectivity index (χ2n) is 5.21. The monoisotopic (exact) mass is 269 g/mol. The number of allylic oxidation sites excluding steroid dienone is 2. The molecule has 0 saturated heterocycles. The van der Waals surface area contributed by atoms with Crippen molar-refractivity contribution in [2.24, 2.45) is 0 Å². The largest absolute Gasteiger partial charge is 0.303 e. The summed E-state index contributed by atoms with van der Waals surface area (Å²) in [5.74, 6) is 1.19. The molecular weight excluding hydrogens is 238 g/mol. The standard InChI is InChI=1S/C16H31NS/c1-7-16(6,12-10-11-15(4)5)18-14-13-17(8-2)9-3/h7,11H,1,8-10,12-14H2,2-6H3. The summed E-state index contributed by atoms with van der Waals surface area (Å²) in [4.78, 5) is 2.48. The molecule has 1 atom stereocenters. The van der Waals surface area contributed by atoms with Gasteiger partial charge in [-0.05, 0) is 46.7 Å². The summed E-state index contributed by atoms with van der Waals surface area (Å²) < 4.78 is 0.221. The fourth-order valence-electron chi connectivity index (χ4n) is 1.83. The zero-order valence-electron chi connectivity index (χ0n) is 13.0. The van der Waals surface area contributed by atoms with Crippen LogP contribution in [-0.4, -0.2) is 35.0 Å². The summed E-state index contributed by atoms with van der Waals surface area (Å²) in [5.41, 5.74) is 1.41. The van der Waals surface area contributed by atoms with Crippen molar-refractivity contribution in [3.05, 3.63) is 24.3 Å². The molecule has 0 amide bonds. The first-order valence-electron chi connectivity index (χ1n) is 7.10. The molecule has 106 valence electrons. The van der Waals surface area contributed by atoms with E-state index in [1.54, 1.807) is 0 Å². The Morgan fingerprint density at radius 3 is 2.33 bits per heavy atom. The highest BCUT2D eigenvalue weighted by Crippen LogP contribution is 2.31. The molecule has 0 spiro atoms. The van der Waals surface area contributed by atoms with Crippen molar-refractivity contribution in [3.63, 3.8) is 0 Å². The van der Waals surface area contributed by atoms with Crippen LogP contribution in [0.1, 0.15) is 47.5 Å². The molecule has 18 heavy (non-hydrogen) atoms. The molecule has 2 heteroatoms. The summed E-state index contributed by atoms with van der Waals surface area (Å²) in [6, 6.07) is 0. The maximum absolute atomic E-state index is 4.01. The number of rotatable bonds is 10. The van der Waals surface area contributed by atoms with E-state index in [-0.39, 0.29) is 4.75 Å². The molecule has 0 aliphatic carbocycles. The van der Waals surface area contributed by atoms with Gasteiger partial charge in [-0.15, -0.1) is 18.3 Å². The molecule has 0 fully saturated rings. The van der Waals surface area contributed by atoms with Gasteiger partial charge in [-0.2, -0.15) is 0 Å². The molecule has 0 bridgehead atoms. The van der Waals surface area contributed by atoms with Crippen LogP contribution in [0.3, 0.4) is 0 Å². The normalized spacial score (nSPS) is 14.3. The molecule has 1 unspecified atom stereocenters. The van der Waals surface area contributed by atoms with Crippen molar-refractivity contribution < 1.29 is 0 Å². The second-order valence-corrected chi connectivity index (χ2v) is 6.84. The van der Waals surface area contributed by atoms with Gasteiger partial charge >= 0.3 is 0 Å². The molecule has 0 aliphatic rings. The SMILES string of the molecule is C=CC(C)(CCC=C(C)C)SCCN(CC)CC. The molecule has 0 aromatic rings. The first-order chi connectivity index (χ1) is 8.47. The molecule has 0 saturated carbocycles. The van der Waals surface area contributed by atoms with Crippen molar-refractivity contribution in [2.75, 3.05) is 25.4 Å². The van der Waals surface area contributed by atoms with E-state index >= 15 is 0 Å². The van der Waals surface area contributed by atoms with Crippen LogP contribution >= 0.6 is 11.8 Å². The Morgan fingerprint density at radius 2 is 1.89 bits per heavy atom. The molecule has 0 aliphatic heterocycles. The molecule has 0 rings (SSSR count). The highest BCUT2D eigenvalue weighted by molar-refractivity contribution is 8.00.